The fourth-order valence-electron chi connectivity index (χ4n) is 1.99. The molecule has 0 radical (unpaired) electrons. The highest BCUT2D eigenvalue weighted by molar-refractivity contribution is 8.01. The first-order valence-corrected chi connectivity index (χ1v) is 10.3. The van der Waals surface area contributed by atoms with Crippen LogP contribution < -0.4 is 0 Å². The van der Waals surface area contributed by atoms with Crippen molar-refractivity contribution in [3.8, 4) is 0 Å². The lowest BCUT2D eigenvalue weighted by molar-refractivity contribution is -0.139. The number of carbonyl (C=O) groups is 1. The molecule has 0 bridgehead atoms. The first-order valence-electron chi connectivity index (χ1n) is 8.10. The summed E-state index contributed by atoms with van der Waals surface area (Å²) in [6, 6.07) is 0. The van der Waals surface area contributed by atoms with Crippen molar-refractivity contribution in [1.29, 1.82) is 0 Å². The van der Waals surface area contributed by atoms with E-state index in [9.17, 15) is 4.79 Å². The Hall–Kier alpha value is -0.660. The van der Waals surface area contributed by atoms with Gasteiger partial charge < -0.3 is 4.74 Å². The van der Waals surface area contributed by atoms with Gasteiger partial charge in [-0.25, -0.2) is 4.79 Å². The molecule has 1 N–H and O–H groups in total. The van der Waals surface area contributed by atoms with Crippen LogP contribution in [0.25, 0.3) is 0 Å². The van der Waals surface area contributed by atoms with Crippen LogP contribution in [-0.2, 0) is 9.53 Å². The van der Waals surface area contributed by atoms with Gasteiger partial charge in [0.2, 0.25) is 0 Å². The van der Waals surface area contributed by atoms with Crippen LogP contribution in [-0.4, -0.2) is 28.5 Å². The number of rotatable bonds is 13. The molecular weight excluding hydrogens is 348 g/mol. The van der Waals surface area contributed by atoms with Crippen molar-refractivity contribution in [2.24, 2.45) is 0 Å². The van der Waals surface area contributed by atoms with Gasteiger partial charge in [0.1, 0.15) is 0 Å². The second kappa shape index (κ2) is 12.7. The van der Waals surface area contributed by atoms with Crippen LogP contribution in [0.1, 0.15) is 58.3 Å². The molecule has 23 heavy (non-hydrogen) atoms. The monoisotopic (exact) mass is 374 g/mol. The highest BCUT2D eigenvalue weighted by atomic mass is 32.2. The van der Waals surface area contributed by atoms with Gasteiger partial charge >= 0.3 is 5.97 Å². The average Bonchev–Trinajstić information content (AvgIpc) is 2.93. The van der Waals surface area contributed by atoms with E-state index in [1.165, 1.54) is 38.5 Å². The van der Waals surface area contributed by atoms with Crippen molar-refractivity contribution in [2.45, 2.75) is 62.6 Å². The number of carbonyl (C=O) groups excluding carboxylic acids is 1. The van der Waals surface area contributed by atoms with Gasteiger partial charge in [0, 0.05) is 11.3 Å². The quantitative estimate of drug-likeness (QED) is 0.162. The zero-order valence-electron chi connectivity index (χ0n) is 13.8. The van der Waals surface area contributed by atoms with E-state index >= 15 is 0 Å². The van der Waals surface area contributed by atoms with Crippen LogP contribution in [0.4, 0.5) is 0 Å². The molecule has 1 aromatic heterocycles. The molecule has 7 heteroatoms. The number of H-pyrrole nitrogens is 1. The summed E-state index contributed by atoms with van der Waals surface area (Å²) in [5.74, 6) is 0.840. The molecule has 130 valence electrons. The van der Waals surface area contributed by atoms with E-state index in [0.29, 0.717) is 12.2 Å². The summed E-state index contributed by atoms with van der Waals surface area (Å²) in [6.07, 6.45) is 9.65. The third kappa shape index (κ3) is 10.7. The minimum atomic E-state index is -0.276. The maximum absolute atomic E-state index is 11.2. The van der Waals surface area contributed by atoms with Crippen LogP contribution in [0.3, 0.4) is 0 Å². The van der Waals surface area contributed by atoms with Crippen molar-refractivity contribution in [1.82, 2.24) is 10.2 Å². The molecule has 1 rings (SSSR count). The molecule has 0 saturated heterocycles. The van der Waals surface area contributed by atoms with Gasteiger partial charge in [-0.05, 0) is 32.0 Å². The van der Waals surface area contributed by atoms with E-state index in [1.54, 1.807) is 30.0 Å². The van der Waals surface area contributed by atoms with Gasteiger partial charge in [-0.15, -0.1) is 0 Å². The van der Waals surface area contributed by atoms with Crippen molar-refractivity contribution in [3.63, 3.8) is 0 Å². The summed E-state index contributed by atoms with van der Waals surface area (Å²) >= 11 is 8.34. The van der Waals surface area contributed by atoms with Crippen molar-refractivity contribution in [2.75, 3.05) is 12.4 Å². The maximum Gasteiger partial charge on any atom is 0.333 e. The zero-order valence-corrected chi connectivity index (χ0v) is 16.2. The van der Waals surface area contributed by atoms with Crippen LogP contribution >= 0.6 is 35.3 Å². The second-order valence-corrected chi connectivity index (χ2v) is 8.48. The van der Waals surface area contributed by atoms with Gasteiger partial charge in [0.05, 0.1) is 6.61 Å². The Morgan fingerprint density at radius 2 is 1.83 bits per heavy atom. The number of hydrogen-bond donors (Lipinski definition) is 1. The Labute approximate surface area is 152 Å². The van der Waals surface area contributed by atoms with E-state index in [0.717, 1.165) is 26.9 Å². The van der Waals surface area contributed by atoms with Gasteiger partial charge in [-0.1, -0.05) is 68.2 Å². The first-order chi connectivity index (χ1) is 11.1. The molecule has 1 aromatic rings. The van der Waals surface area contributed by atoms with Crippen LogP contribution in [0.2, 0.25) is 0 Å². The molecule has 0 saturated carbocycles. The summed E-state index contributed by atoms with van der Waals surface area (Å²) in [4.78, 5) is 11.2. The van der Waals surface area contributed by atoms with Crippen molar-refractivity contribution in [3.05, 3.63) is 16.1 Å². The first kappa shape index (κ1) is 20.4. The number of unbranched alkanes of at least 4 members (excludes halogenated alkanes) is 7. The molecule has 0 aliphatic rings. The highest BCUT2D eigenvalue weighted by Gasteiger charge is 2.02. The van der Waals surface area contributed by atoms with Crippen molar-refractivity contribution < 1.29 is 9.53 Å². The number of hydrogen-bond acceptors (Lipinski definition) is 6. The molecule has 1 heterocycles. The third-order valence-corrected chi connectivity index (χ3v) is 5.58. The SMILES string of the molecule is C=C(C)C(=O)OCCCCCCCCCCSc1n[nH]c(=S)s1. The molecule has 0 aliphatic heterocycles. The van der Waals surface area contributed by atoms with E-state index in [2.05, 4.69) is 16.8 Å². The number of nitrogens with one attached hydrogen (secondary N) is 1. The Morgan fingerprint density at radius 1 is 1.22 bits per heavy atom. The predicted octanol–water partition coefficient (Wildman–Crippen LogP) is 5.53. The zero-order chi connectivity index (χ0) is 16.9. The number of aromatic amines is 1. The van der Waals surface area contributed by atoms with E-state index < -0.39 is 0 Å². The lowest BCUT2D eigenvalue weighted by atomic mass is 10.1. The summed E-state index contributed by atoms with van der Waals surface area (Å²) in [6.45, 7) is 5.75. The number of esters is 1. The molecule has 0 atom stereocenters. The normalized spacial score (nSPS) is 10.7. The largest absolute Gasteiger partial charge is 0.462 e. The number of nitrogens with zero attached hydrogens (tertiary/aromatic N) is 1. The molecular formula is C16H26N2O2S3. The molecule has 0 aliphatic carbocycles. The summed E-state index contributed by atoms with van der Waals surface area (Å²) in [5.41, 5.74) is 0.473. The molecule has 0 amide bonds. The summed E-state index contributed by atoms with van der Waals surface area (Å²) in [7, 11) is 0. The smallest absolute Gasteiger partial charge is 0.333 e. The van der Waals surface area contributed by atoms with E-state index in [-0.39, 0.29) is 5.97 Å². The second-order valence-electron chi connectivity index (χ2n) is 5.47. The van der Waals surface area contributed by atoms with Gasteiger partial charge in [-0.2, -0.15) is 5.10 Å². The Morgan fingerprint density at radius 3 is 2.39 bits per heavy atom. The standard InChI is InChI=1S/C16H26N2O2S3/c1-13(2)14(19)20-11-9-7-5-3-4-6-8-10-12-22-16-18-17-15(21)23-16/h1,3-12H2,2H3,(H,17,21). The fourth-order valence-corrected chi connectivity index (χ4v) is 4.14. The topological polar surface area (TPSA) is 55.0 Å². The Bertz CT molecular complexity index is 525. The third-order valence-electron chi connectivity index (χ3n) is 3.26. The fraction of sp³-hybridized carbons (Fsp3) is 0.688. The molecule has 0 fully saturated rings. The average molecular weight is 375 g/mol. The molecule has 0 unspecified atom stereocenters. The maximum atomic E-state index is 11.2. The van der Waals surface area contributed by atoms with Crippen molar-refractivity contribution >= 4 is 41.3 Å². The summed E-state index contributed by atoms with van der Waals surface area (Å²) < 4.78 is 6.86. The minimum Gasteiger partial charge on any atom is -0.462 e. The van der Waals surface area contributed by atoms with Crippen LogP contribution in [0.5, 0.6) is 0 Å². The number of aromatic nitrogens is 2. The van der Waals surface area contributed by atoms with E-state index in [1.807, 2.05) is 0 Å². The van der Waals surface area contributed by atoms with Crippen LogP contribution in [0, 0.1) is 3.95 Å². The number of thioether (sulfide) groups is 1. The van der Waals surface area contributed by atoms with Gasteiger partial charge in [-0.3, -0.25) is 5.10 Å². The Kier molecular flexibility index (Phi) is 11.3. The lowest BCUT2D eigenvalue weighted by Gasteiger charge is -2.04. The number of ether oxygens (including phenoxy) is 1. The van der Waals surface area contributed by atoms with E-state index in [4.69, 9.17) is 17.0 Å². The molecule has 0 aromatic carbocycles. The molecule has 0 spiro atoms. The van der Waals surface area contributed by atoms with Crippen LogP contribution in [0.15, 0.2) is 16.5 Å². The summed E-state index contributed by atoms with van der Waals surface area (Å²) in [5, 5.41) is 6.94. The predicted molar refractivity (Wildman–Crippen MR) is 101 cm³/mol. The van der Waals surface area contributed by atoms with Gasteiger partial charge in [0.15, 0.2) is 8.29 Å². The lowest BCUT2D eigenvalue weighted by Crippen LogP contribution is -2.05. The van der Waals surface area contributed by atoms with Gasteiger partial charge in [0.25, 0.3) is 0 Å². The highest BCUT2D eigenvalue weighted by Crippen LogP contribution is 2.21. The minimum absolute atomic E-state index is 0.276. The molecule has 4 nitrogen and oxygen atoms in total. The Balaban J connectivity index is 1.80.